The number of fused-ring (bicyclic) bond motifs is 1. The standard InChI is InChI=1S/C15H20N2O2S/c1-9-5-4-6-11-12(16)14(20-13(9)11)15(18)17-10(2)7-8-19-3/h4-6,10H,7-8,16H2,1-3H3,(H,17,18). The topological polar surface area (TPSA) is 64.3 Å². The number of nitrogen functional groups attached to an aromatic ring is 1. The zero-order valence-electron chi connectivity index (χ0n) is 12.0. The summed E-state index contributed by atoms with van der Waals surface area (Å²) in [6, 6.07) is 6.01. The molecule has 20 heavy (non-hydrogen) atoms. The number of anilines is 1. The lowest BCUT2D eigenvalue weighted by Gasteiger charge is -2.12. The molecule has 0 spiro atoms. The second-order valence-electron chi connectivity index (χ2n) is 4.95. The van der Waals surface area contributed by atoms with Gasteiger partial charge in [0.15, 0.2) is 0 Å². The van der Waals surface area contributed by atoms with Gasteiger partial charge in [-0.1, -0.05) is 18.2 Å². The van der Waals surface area contributed by atoms with Crippen molar-refractivity contribution in [3.63, 3.8) is 0 Å². The molecule has 1 aromatic carbocycles. The molecule has 0 bridgehead atoms. The summed E-state index contributed by atoms with van der Waals surface area (Å²) in [5, 5.41) is 3.93. The second kappa shape index (κ2) is 6.24. The Bertz CT molecular complexity index is 622. The number of hydrogen-bond donors (Lipinski definition) is 2. The number of nitrogens with two attached hydrogens (primary N) is 1. The number of benzene rings is 1. The molecule has 3 N–H and O–H groups in total. The smallest absolute Gasteiger partial charge is 0.263 e. The van der Waals surface area contributed by atoms with Gasteiger partial charge in [0.2, 0.25) is 0 Å². The lowest BCUT2D eigenvalue weighted by Crippen LogP contribution is -2.33. The first-order chi connectivity index (χ1) is 9.54. The van der Waals surface area contributed by atoms with Gasteiger partial charge >= 0.3 is 0 Å². The highest BCUT2D eigenvalue weighted by atomic mass is 32.1. The first-order valence-electron chi connectivity index (χ1n) is 6.62. The van der Waals surface area contributed by atoms with Crippen LogP contribution >= 0.6 is 11.3 Å². The molecular weight excluding hydrogens is 272 g/mol. The Morgan fingerprint density at radius 2 is 2.25 bits per heavy atom. The van der Waals surface area contributed by atoms with Gasteiger partial charge in [-0.3, -0.25) is 4.79 Å². The third-order valence-corrected chi connectivity index (χ3v) is 4.64. The van der Waals surface area contributed by atoms with Crippen LogP contribution in [0, 0.1) is 6.92 Å². The zero-order chi connectivity index (χ0) is 14.7. The molecule has 108 valence electrons. The molecule has 1 unspecified atom stereocenters. The van der Waals surface area contributed by atoms with E-state index in [0.29, 0.717) is 17.2 Å². The predicted molar refractivity (Wildman–Crippen MR) is 84.4 cm³/mol. The maximum atomic E-state index is 12.3. The van der Waals surface area contributed by atoms with E-state index in [1.54, 1.807) is 7.11 Å². The Hall–Kier alpha value is -1.59. The van der Waals surface area contributed by atoms with Crippen LogP contribution in [0.3, 0.4) is 0 Å². The minimum absolute atomic E-state index is 0.0631. The Kier molecular flexibility index (Phi) is 4.62. The number of carbonyl (C=O) groups excluding carboxylic acids is 1. The normalized spacial score (nSPS) is 12.6. The number of thiophene rings is 1. The van der Waals surface area contributed by atoms with Crippen molar-refractivity contribution in [2.24, 2.45) is 0 Å². The lowest BCUT2D eigenvalue weighted by molar-refractivity contribution is 0.0934. The third kappa shape index (κ3) is 2.94. The molecular formula is C15H20N2O2S. The molecule has 5 heteroatoms. The monoisotopic (exact) mass is 292 g/mol. The SMILES string of the molecule is COCCC(C)NC(=O)c1sc2c(C)cccc2c1N. The van der Waals surface area contributed by atoms with Crippen molar-refractivity contribution in [1.29, 1.82) is 0 Å². The van der Waals surface area contributed by atoms with Crippen LogP contribution in [0.4, 0.5) is 5.69 Å². The van der Waals surface area contributed by atoms with Gasteiger partial charge in [0.05, 0.1) is 5.69 Å². The molecule has 1 atom stereocenters. The van der Waals surface area contributed by atoms with E-state index in [4.69, 9.17) is 10.5 Å². The number of rotatable bonds is 5. The van der Waals surface area contributed by atoms with Gasteiger partial charge in [-0.05, 0) is 25.8 Å². The lowest BCUT2D eigenvalue weighted by atomic mass is 10.1. The molecule has 0 aliphatic carbocycles. The summed E-state index contributed by atoms with van der Waals surface area (Å²) < 4.78 is 6.10. The number of methoxy groups -OCH3 is 1. The van der Waals surface area contributed by atoms with Crippen molar-refractivity contribution >= 4 is 33.0 Å². The number of amides is 1. The van der Waals surface area contributed by atoms with Crippen LogP contribution in [-0.4, -0.2) is 25.7 Å². The van der Waals surface area contributed by atoms with Gasteiger partial charge in [0, 0.05) is 29.8 Å². The highest BCUT2D eigenvalue weighted by Crippen LogP contribution is 2.35. The van der Waals surface area contributed by atoms with Gasteiger partial charge in [0.25, 0.3) is 5.91 Å². The molecule has 0 fully saturated rings. The molecule has 0 radical (unpaired) electrons. The molecule has 0 saturated carbocycles. The maximum absolute atomic E-state index is 12.3. The minimum atomic E-state index is -0.105. The summed E-state index contributed by atoms with van der Waals surface area (Å²) in [6.45, 7) is 4.62. The molecule has 0 aliphatic heterocycles. The Morgan fingerprint density at radius 3 is 2.90 bits per heavy atom. The van der Waals surface area contributed by atoms with Gasteiger partial charge < -0.3 is 15.8 Å². The number of hydrogen-bond acceptors (Lipinski definition) is 4. The number of aryl methyl sites for hydroxylation is 1. The van der Waals surface area contributed by atoms with Crippen LogP contribution in [0.25, 0.3) is 10.1 Å². The molecule has 2 rings (SSSR count). The van der Waals surface area contributed by atoms with Crippen molar-refractivity contribution in [3.8, 4) is 0 Å². The summed E-state index contributed by atoms with van der Waals surface area (Å²) in [6.07, 6.45) is 0.784. The number of carbonyl (C=O) groups is 1. The van der Waals surface area contributed by atoms with Crippen LogP contribution in [0.5, 0.6) is 0 Å². The highest BCUT2D eigenvalue weighted by Gasteiger charge is 2.18. The largest absolute Gasteiger partial charge is 0.397 e. The van der Waals surface area contributed by atoms with E-state index in [2.05, 4.69) is 5.32 Å². The summed E-state index contributed by atoms with van der Waals surface area (Å²) in [5.74, 6) is -0.105. The van der Waals surface area contributed by atoms with Crippen molar-refractivity contribution < 1.29 is 9.53 Å². The first-order valence-corrected chi connectivity index (χ1v) is 7.43. The van der Waals surface area contributed by atoms with E-state index in [9.17, 15) is 4.79 Å². The molecule has 4 nitrogen and oxygen atoms in total. The van der Waals surface area contributed by atoms with E-state index in [1.807, 2.05) is 32.0 Å². The summed E-state index contributed by atoms with van der Waals surface area (Å²) in [5.41, 5.74) is 7.83. The van der Waals surface area contributed by atoms with E-state index in [0.717, 1.165) is 22.1 Å². The fourth-order valence-corrected chi connectivity index (χ4v) is 3.20. The van der Waals surface area contributed by atoms with E-state index >= 15 is 0 Å². The quantitative estimate of drug-likeness (QED) is 0.890. The molecule has 1 aromatic heterocycles. The third-order valence-electron chi connectivity index (χ3n) is 3.29. The zero-order valence-corrected chi connectivity index (χ0v) is 12.8. The van der Waals surface area contributed by atoms with Crippen LogP contribution in [-0.2, 0) is 4.74 Å². The summed E-state index contributed by atoms with van der Waals surface area (Å²) >= 11 is 1.46. The Morgan fingerprint density at radius 1 is 1.50 bits per heavy atom. The van der Waals surface area contributed by atoms with Crippen molar-refractivity contribution in [2.45, 2.75) is 26.3 Å². The van der Waals surface area contributed by atoms with Crippen LogP contribution in [0.2, 0.25) is 0 Å². The first kappa shape index (κ1) is 14.8. The van der Waals surface area contributed by atoms with E-state index in [1.165, 1.54) is 11.3 Å². The second-order valence-corrected chi connectivity index (χ2v) is 5.97. The molecule has 1 amide bonds. The van der Waals surface area contributed by atoms with E-state index < -0.39 is 0 Å². The molecule has 0 saturated heterocycles. The van der Waals surface area contributed by atoms with Gasteiger partial charge in [-0.15, -0.1) is 11.3 Å². The number of ether oxygens (including phenoxy) is 1. The average molecular weight is 292 g/mol. The fourth-order valence-electron chi connectivity index (χ4n) is 2.10. The molecule has 2 aromatic rings. The Balaban J connectivity index is 2.22. The Labute approximate surface area is 122 Å². The summed E-state index contributed by atoms with van der Waals surface area (Å²) in [7, 11) is 1.65. The molecule has 1 heterocycles. The minimum Gasteiger partial charge on any atom is -0.397 e. The summed E-state index contributed by atoms with van der Waals surface area (Å²) in [4.78, 5) is 12.9. The van der Waals surface area contributed by atoms with Gasteiger partial charge in [0.1, 0.15) is 4.88 Å². The predicted octanol–water partition coefficient (Wildman–Crippen LogP) is 2.95. The van der Waals surface area contributed by atoms with E-state index in [-0.39, 0.29) is 11.9 Å². The van der Waals surface area contributed by atoms with Crippen LogP contribution < -0.4 is 11.1 Å². The highest BCUT2D eigenvalue weighted by molar-refractivity contribution is 7.21. The van der Waals surface area contributed by atoms with Gasteiger partial charge in [-0.25, -0.2) is 0 Å². The van der Waals surface area contributed by atoms with Gasteiger partial charge in [-0.2, -0.15) is 0 Å². The van der Waals surface area contributed by atoms with Crippen molar-refractivity contribution in [2.75, 3.05) is 19.5 Å². The number of nitrogens with one attached hydrogen (secondary N) is 1. The average Bonchev–Trinajstić information content (AvgIpc) is 2.76. The maximum Gasteiger partial charge on any atom is 0.263 e. The van der Waals surface area contributed by atoms with Crippen LogP contribution in [0.15, 0.2) is 18.2 Å². The van der Waals surface area contributed by atoms with Crippen molar-refractivity contribution in [3.05, 3.63) is 28.6 Å². The molecule has 0 aliphatic rings. The fraction of sp³-hybridized carbons (Fsp3) is 0.400. The van der Waals surface area contributed by atoms with Crippen LogP contribution in [0.1, 0.15) is 28.6 Å². The van der Waals surface area contributed by atoms with Crippen molar-refractivity contribution in [1.82, 2.24) is 5.32 Å².